The van der Waals surface area contributed by atoms with E-state index in [1.807, 2.05) is 13.8 Å². The number of ketones is 1. The molecular formula is C7H12OS. The Bertz CT molecular complexity index is 116. The van der Waals surface area contributed by atoms with Crippen LogP contribution in [-0.4, -0.2) is 16.8 Å². The molecule has 0 radical (unpaired) electrons. The van der Waals surface area contributed by atoms with Crippen LogP contribution in [0.5, 0.6) is 0 Å². The summed E-state index contributed by atoms with van der Waals surface area (Å²) in [4.78, 5) is 11.1. The summed E-state index contributed by atoms with van der Waals surface area (Å²) < 4.78 is 0. The van der Waals surface area contributed by atoms with Gasteiger partial charge in [0.25, 0.3) is 0 Å². The van der Waals surface area contributed by atoms with Crippen LogP contribution < -0.4 is 0 Å². The zero-order valence-corrected chi connectivity index (χ0v) is 6.70. The zero-order valence-electron chi connectivity index (χ0n) is 5.89. The van der Waals surface area contributed by atoms with Crippen molar-refractivity contribution >= 4 is 17.5 Å². The van der Waals surface area contributed by atoms with Crippen LogP contribution in [0.15, 0.2) is 0 Å². The van der Waals surface area contributed by atoms with Crippen molar-refractivity contribution in [1.82, 2.24) is 0 Å². The Labute approximate surface area is 60.2 Å². The smallest absolute Gasteiger partial charge is 0.148 e. The van der Waals surface area contributed by atoms with Gasteiger partial charge in [-0.2, -0.15) is 11.8 Å². The summed E-state index contributed by atoms with van der Waals surface area (Å²) in [6.07, 6.45) is 1.11. The highest BCUT2D eigenvalue weighted by molar-refractivity contribution is 8.02. The molecule has 0 aromatic heterocycles. The van der Waals surface area contributed by atoms with Crippen LogP contribution >= 0.6 is 11.8 Å². The average Bonchev–Trinajstić information content (AvgIpc) is 1.60. The molecule has 1 heterocycles. The molecule has 1 unspecified atom stereocenters. The first-order valence-electron chi connectivity index (χ1n) is 3.37. The third-order valence-corrected chi connectivity index (χ3v) is 2.93. The zero-order chi connectivity index (χ0) is 6.85. The van der Waals surface area contributed by atoms with Gasteiger partial charge in [0.2, 0.25) is 0 Å². The van der Waals surface area contributed by atoms with Crippen molar-refractivity contribution in [1.29, 1.82) is 0 Å². The lowest BCUT2D eigenvalue weighted by Gasteiger charge is -2.24. The topological polar surface area (TPSA) is 17.1 Å². The summed E-state index contributed by atoms with van der Waals surface area (Å²) in [5.74, 6) is 1.86. The van der Waals surface area contributed by atoms with Gasteiger partial charge in [-0.05, 0) is 12.2 Å². The lowest BCUT2D eigenvalue weighted by atomic mass is 10.0. The number of hydrogen-bond acceptors (Lipinski definition) is 2. The fraction of sp³-hybridized carbons (Fsp3) is 0.857. The first-order chi connectivity index (χ1) is 4.22. The van der Waals surface area contributed by atoms with Crippen LogP contribution in [0, 0.1) is 5.92 Å². The Kier molecular flexibility index (Phi) is 2.17. The number of hydrogen-bond donors (Lipinski definition) is 0. The van der Waals surface area contributed by atoms with Gasteiger partial charge in [0.15, 0.2) is 0 Å². The summed E-state index contributed by atoms with van der Waals surface area (Å²) in [7, 11) is 0. The van der Waals surface area contributed by atoms with Crippen molar-refractivity contribution < 1.29 is 4.79 Å². The van der Waals surface area contributed by atoms with Crippen LogP contribution in [0.1, 0.15) is 20.3 Å². The first-order valence-corrected chi connectivity index (χ1v) is 4.42. The molecule has 2 heteroatoms. The van der Waals surface area contributed by atoms with Crippen LogP contribution in [0.4, 0.5) is 0 Å². The van der Waals surface area contributed by atoms with Gasteiger partial charge in [-0.1, -0.05) is 13.8 Å². The predicted molar refractivity (Wildman–Crippen MR) is 40.7 cm³/mol. The normalized spacial score (nSPS) is 25.9. The monoisotopic (exact) mass is 144 g/mol. The third-order valence-electron chi connectivity index (χ3n) is 1.59. The minimum absolute atomic E-state index is 0.239. The molecule has 1 fully saturated rings. The van der Waals surface area contributed by atoms with Crippen molar-refractivity contribution in [3.63, 3.8) is 0 Å². The van der Waals surface area contributed by atoms with Crippen molar-refractivity contribution in [2.75, 3.05) is 5.75 Å². The van der Waals surface area contributed by atoms with Gasteiger partial charge >= 0.3 is 0 Å². The Morgan fingerprint density at radius 3 is 2.33 bits per heavy atom. The highest BCUT2D eigenvalue weighted by Crippen LogP contribution is 2.30. The van der Waals surface area contributed by atoms with Crippen LogP contribution in [0.25, 0.3) is 0 Å². The summed E-state index contributed by atoms with van der Waals surface area (Å²) in [5.41, 5.74) is 0. The first kappa shape index (κ1) is 7.13. The van der Waals surface area contributed by atoms with Crippen molar-refractivity contribution in [2.45, 2.75) is 25.5 Å². The quantitative estimate of drug-likeness (QED) is 0.587. The molecular weight excluding hydrogens is 132 g/mol. The Morgan fingerprint density at radius 2 is 2.22 bits per heavy atom. The maximum absolute atomic E-state index is 11.1. The average molecular weight is 144 g/mol. The number of rotatable bonds is 2. The van der Waals surface area contributed by atoms with Gasteiger partial charge in [-0.15, -0.1) is 0 Å². The predicted octanol–water partition coefficient (Wildman–Crippen LogP) is 1.72. The Hall–Kier alpha value is 0.0200. The van der Waals surface area contributed by atoms with E-state index in [4.69, 9.17) is 0 Å². The third kappa shape index (κ3) is 1.48. The standard InChI is InChI=1S/C7H12OS/c1-5(2)7(8)6-3-4-9-6/h5-6H,3-4H2,1-2H3. The van der Waals surface area contributed by atoms with Gasteiger partial charge in [0, 0.05) is 5.92 Å². The van der Waals surface area contributed by atoms with Crippen molar-refractivity contribution in [3.05, 3.63) is 0 Å². The van der Waals surface area contributed by atoms with E-state index < -0.39 is 0 Å². The van der Waals surface area contributed by atoms with E-state index in [0.29, 0.717) is 11.0 Å². The van der Waals surface area contributed by atoms with Crippen molar-refractivity contribution in [2.24, 2.45) is 5.92 Å². The molecule has 1 saturated heterocycles. The molecule has 0 bridgehead atoms. The molecule has 0 aromatic carbocycles. The number of carbonyl (C=O) groups is 1. The highest BCUT2D eigenvalue weighted by Gasteiger charge is 2.27. The summed E-state index contributed by atoms with van der Waals surface area (Å²) in [6, 6.07) is 0. The molecule has 0 aromatic rings. The highest BCUT2D eigenvalue weighted by atomic mass is 32.2. The second kappa shape index (κ2) is 2.74. The van der Waals surface area contributed by atoms with Gasteiger partial charge in [-0.25, -0.2) is 0 Å². The van der Waals surface area contributed by atoms with Crippen LogP contribution in [-0.2, 0) is 4.79 Å². The molecule has 0 N–H and O–H groups in total. The fourth-order valence-corrected chi connectivity index (χ4v) is 1.74. The molecule has 1 aliphatic heterocycles. The summed E-state index contributed by atoms with van der Waals surface area (Å²) >= 11 is 1.79. The van der Waals surface area contributed by atoms with Gasteiger partial charge in [0.1, 0.15) is 5.78 Å². The SMILES string of the molecule is CC(C)C(=O)C1CCS1. The molecule has 0 aliphatic carbocycles. The van der Waals surface area contributed by atoms with E-state index >= 15 is 0 Å². The van der Waals surface area contributed by atoms with Crippen LogP contribution in [0.3, 0.4) is 0 Å². The Morgan fingerprint density at radius 1 is 1.67 bits per heavy atom. The molecule has 0 spiro atoms. The molecule has 0 amide bonds. The molecule has 0 saturated carbocycles. The van der Waals surface area contributed by atoms with E-state index in [2.05, 4.69) is 0 Å². The lowest BCUT2D eigenvalue weighted by Crippen LogP contribution is -2.29. The molecule has 52 valence electrons. The molecule has 1 rings (SSSR count). The van der Waals surface area contributed by atoms with E-state index in [1.54, 1.807) is 11.8 Å². The minimum atomic E-state index is 0.239. The number of thioether (sulfide) groups is 1. The summed E-state index contributed by atoms with van der Waals surface area (Å²) in [5, 5.41) is 0.352. The van der Waals surface area contributed by atoms with Gasteiger partial charge < -0.3 is 0 Å². The second-order valence-corrected chi connectivity index (χ2v) is 4.02. The molecule has 1 nitrogen and oxygen atoms in total. The number of carbonyl (C=O) groups excluding carboxylic acids is 1. The minimum Gasteiger partial charge on any atom is -0.298 e. The summed E-state index contributed by atoms with van der Waals surface area (Å²) in [6.45, 7) is 3.95. The maximum atomic E-state index is 11.1. The number of Topliss-reactive ketones (excluding diaryl/α,β-unsaturated/α-hetero) is 1. The second-order valence-electron chi connectivity index (χ2n) is 2.71. The molecule has 1 atom stereocenters. The largest absolute Gasteiger partial charge is 0.298 e. The lowest BCUT2D eigenvalue weighted by molar-refractivity contribution is -0.121. The van der Waals surface area contributed by atoms with E-state index in [-0.39, 0.29) is 5.92 Å². The van der Waals surface area contributed by atoms with E-state index in [9.17, 15) is 4.79 Å². The fourth-order valence-electron chi connectivity index (χ4n) is 0.832. The molecule has 1 aliphatic rings. The van der Waals surface area contributed by atoms with Gasteiger partial charge in [0.05, 0.1) is 5.25 Å². The maximum Gasteiger partial charge on any atom is 0.148 e. The van der Waals surface area contributed by atoms with E-state index in [1.165, 1.54) is 5.75 Å². The molecule has 9 heavy (non-hydrogen) atoms. The van der Waals surface area contributed by atoms with Crippen LogP contribution in [0.2, 0.25) is 0 Å². The van der Waals surface area contributed by atoms with Crippen molar-refractivity contribution in [3.8, 4) is 0 Å². The van der Waals surface area contributed by atoms with Gasteiger partial charge in [-0.3, -0.25) is 4.79 Å². The van der Waals surface area contributed by atoms with E-state index in [0.717, 1.165) is 6.42 Å². The Balaban J connectivity index is 2.32.